The number of nitroso groups, excluding NO2 is 1. The summed E-state index contributed by atoms with van der Waals surface area (Å²) < 4.78 is 0. The molecule has 0 heterocycles. The number of benzene rings is 1. The molecule has 0 amide bonds. The lowest BCUT2D eigenvalue weighted by molar-refractivity contribution is 0.556. The second-order valence-electron chi connectivity index (χ2n) is 6.04. The highest BCUT2D eigenvalue weighted by Gasteiger charge is 1.97. The average Bonchev–Trinajstić information content (AvgIpc) is 2.50. The van der Waals surface area contributed by atoms with Gasteiger partial charge in [0.05, 0.1) is 0 Å². The summed E-state index contributed by atoms with van der Waals surface area (Å²) in [5, 5.41) is 2.95. The molecule has 1 aromatic carbocycles. The Bertz CT molecular complexity index is 376. The van der Waals surface area contributed by atoms with Gasteiger partial charge in [-0.25, -0.2) is 0 Å². The minimum atomic E-state index is 0.297. The maximum absolute atomic E-state index is 10.3. The minimum absolute atomic E-state index is 0.297. The molecule has 0 unspecified atom stereocenters. The topological polar surface area (TPSA) is 29.4 Å². The van der Waals surface area contributed by atoms with Crippen LogP contribution >= 0.6 is 0 Å². The fraction of sp³-hybridized carbons (Fsp3) is 0.684. The summed E-state index contributed by atoms with van der Waals surface area (Å²) in [6.45, 7) is 2.57. The second-order valence-corrected chi connectivity index (χ2v) is 6.04. The smallest absolute Gasteiger partial charge is 0.106 e. The van der Waals surface area contributed by atoms with Gasteiger partial charge < -0.3 is 0 Å². The standard InChI is InChI=1S/C19H31NO/c1-2-3-4-5-6-7-8-9-10-11-13-18-14-12-15-19(16-18)17-20-21/h12,14-16H,2-11,13,17H2,1H3. The maximum atomic E-state index is 10.3. The predicted molar refractivity (Wildman–Crippen MR) is 91.5 cm³/mol. The van der Waals surface area contributed by atoms with Crippen LogP contribution in [0.2, 0.25) is 0 Å². The molecule has 0 aliphatic heterocycles. The van der Waals surface area contributed by atoms with Crippen molar-refractivity contribution in [3.8, 4) is 0 Å². The number of hydrogen-bond donors (Lipinski definition) is 0. The van der Waals surface area contributed by atoms with Crippen LogP contribution in [0.15, 0.2) is 29.4 Å². The molecule has 0 atom stereocenters. The summed E-state index contributed by atoms with van der Waals surface area (Å²) in [5.41, 5.74) is 2.38. The number of rotatable bonds is 13. The van der Waals surface area contributed by atoms with Crippen molar-refractivity contribution in [1.29, 1.82) is 0 Å². The molecule has 21 heavy (non-hydrogen) atoms. The zero-order valence-electron chi connectivity index (χ0n) is 13.7. The van der Waals surface area contributed by atoms with Gasteiger partial charge in [0.1, 0.15) is 6.54 Å². The Balaban J connectivity index is 1.99. The lowest BCUT2D eigenvalue weighted by Crippen LogP contribution is -1.89. The number of hydrogen-bond acceptors (Lipinski definition) is 2. The molecule has 118 valence electrons. The van der Waals surface area contributed by atoms with Crippen LogP contribution in [0.1, 0.15) is 82.3 Å². The number of aryl methyl sites for hydroxylation is 1. The molecule has 1 aromatic rings. The van der Waals surface area contributed by atoms with E-state index in [1.54, 1.807) is 0 Å². The maximum Gasteiger partial charge on any atom is 0.106 e. The van der Waals surface area contributed by atoms with Gasteiger partial charge in [-0.1, -0.05) is 94.2 Å². The van der Waals surface area contributed by atoms with Crippen molar-refractivity contribution in [3.05, 3.63) is 40.3 Å². The average molecular weight is 289 g/mol. The Morgan fingerprint density at radius 2 is 1.38 bits per heavy atom. The molecular weight excluding hydrogens is 258 g/mol. The fourth-order valence-corrected chi connectivity index (χ4v) is 2.77. The van der Waals surface area contributed by atoms with Gasteiger partial charge in [-0.3, -0.25) is 0 Å². The van der Waals surface area contributed by atoms with Gasteiger partial charge in [0.2, 0.25) is 0 Å². The zero-order valence-corrected chi connectivity index (χ0v) is 13.7. The van der Waals surface area contributed by atoms with Crippen LogP contribution in [0.5, 0.6) is 0 Å². The monoisotopic (exact) mass is 289 g/mol. The highest BCUT2D eigenvalue weighted by Crippen LogP contribution is 2.13. The van der Waals surface area contributed by atoms with E-state index in [9.17, 15) is 4.91 Å². The summed E-state index contributed by atoms with van der Waals surface area (Å²) in [4.78, 5) is 10.3. The molecule has 0 spiro atoms. The number of nitrogens with zero attached hydrogens (tertiary/aromatic N) is 1. The first-order valence-corrected chi connectivity index (χ1v) is 8.73. The van der Waals surface area contributed by atoms with Crippen molar-refractivity contribution < 1.29 is 0 Å². The molecule has 2 heteroatoms. The van der Waals surface area contributed by atoms with E-state index in [-0.39, 0.29) is 0 Å². The molecular formula is C19H31NO. The van der Waals surface area contributed by atoms with E-state index in [1.165, 1.54) is 69.8 Å². The third-order valence-corrected chi connectivity index (χ3v) is 4.06. The van der Waals surface area contributed by atoms with Crippen LogP contribution < -0.4 is 0 Å². The highest BCUT2D eigenvalue weighted by atomic mass is 16.3. The molecule has 0 N–H and O–H groups in total. The van der Waals surface area contributed by atoms with E-state index in [0.717, 1.165) is 12.0 Å². The Kier molecular flexibility index (Phi) is 10.7. The summed E-state index contributed by atoms with van der Waals surface area (Å²) in [6.07, 6.45) is 14.9. The molecule has 0 radical (unpaired) electrons. The molecule has 0 aliphatic carbocycles. The molecule has 0 saturated carbocycles. The van der Waals surface area contributed by atoms with Crippen molar-refractivity contribution in [2.24, 2.45) is 5.18 Å². The summed E-state index contributed by atoms with van der Waals surface area (Å²) in [7, 11) is 0. The van der Waals surface area contributed by atoms with Crippen molar-refractivity contribution >= 4 is 0 Å². The van der Waals surface area contributed by atoms with Crippen molar-refractivity contribution in [1.82, 2.24) is 0 Å². The van der Waals surface area contributed by atoms with E-state index < -0.39 is 0 Å². The lowest BCUT2D eigenvalue weighted by atomic mass is 10.0. The molecule has 0 saturated heterocycles. The van der Waals surface area contributed by atoms with Gasteiger partial charge in [0, 0.05) is 0 Å². The third kappa shape index (κ3) is 9.38. The summed E-state index contributed by atoms with van der Waals surface area (Å²) in [6, 6.07) is 8.28. The van der Waals surface area contributed by atoms with Crippen LogP contribution in [0.25, 0.3) is 0 Å². The van der Waals surface area contributed by atoms with Crippen LogP contribution in [0.3, 0.4) is 0 Å². The van der Waals surface area contributed by atoms with E-state index in [0.29, 0.717) is 6.54 Å². The van der Waals surface area contributed by atoms with Gasteiger partial charge in [-0.2, -0.15) is 4.91 Å². The van der Waals surface area contributed by atoms with Gasteiger partial charge in [-0.15, -0.1) is 0 Å². The highest BCUT2D eigenvalue weighted by molar-refractivity contribution is 5.23. The minimum Gasteiger partial charge on any atom is -0.150 e. The lowest BCUT2D eigenvalue weighted by Gasteiger charge is -2.04. The molecule has 1 rings (SSSR count). The first-order chi connectivity index (χ1) is 10.4. The van der Waals surface area contributed by atoms with Crippen LogP contribution in [0, 0.1) is 4.91 Å². The first-order valence-electron chi connectivity index (χ1n) is 8.73. The zero-order chi connectivity index (χ0) is 15.2. The fourth-order valence-electron chi connectivity index (χ4n) is 2.77. The van der Waals surface area contributed by atoms with Gasteiger partial charge in [0.15, 0.2) is 0 Å². The third-order valence-electron chi connectivity index (χ3n) is 4.06. The quantitative estimate of drug-likeness (QED) is 0.304. The summed E-state index contributed by atoms with van der Waals surface area (Å²) in [5.74, 6) is 0. The Hall–Kier alpha value is -1.18. The Morgan fingerprint density at radius 1 is 0.810 bits per heavy atom. The van der Waals surface area contributed by atoms with E-state index in [1.807, 2.05) is 12.1 Å². The second kappa shape index (κ2) is 12.6. The normalized spacial score (nSPS) is 10.7. The van der Waals surface area contributed by atoms with Crippen LogP contribution in [0.4, 0.5) is 0 Å². The van der Waals surface area contributed by atoms with E-state index in [2.05, 4.69) is 24.2 Å². The van der Waals surface area contributed by atoms with E-state index in [4.69, 9.17) is 0 Å². The van der Waals surface area contributed by atoms with Crippen molar-refractivity contribution in [2.75, 3.05) is 0 Å². The molecule has 2 nitrogen and oxygen atoms in total. The SMILES string of the molecule is CCCCCCCCCCCCc1cccc(CN=O)c1. The van der Waals surface area contributed by atoms with Crippen LogP contribution in [-0.4, -0.2) is 0 Å². The number of unbranched alkanes of at least 4 members (excludes halogenated alkanes) is 9. The summed E-state index contributed by atoms with van der Waals surface area (Å²) >= 11 is 0. The molecule has 0 bridgehead atoms. The molecule has 0 aliphatic rings. The van der Waals surface area contributed by atoms with Gasteiger partial charge in [0.25, 0.3) is 0 Å². The Morgan fingerprint density at radius 3 is 2.00 bits per heavy atom. The van der Waals surface area contributed by atoms with Crippen LogP contribution in [-0.2, 0) is 13.0 Å². The Labute approximate surface area is 130 Å². The predicted octanol–water partition coefficient (Wildman–Crippen LogP) is 6.42. The van der Waals surface area contributed by atoms with Gasteiger partial charge in [-0.05, 0) is 24.0 Å². The van der Waals surface area contributed by atoms with Crippen molar-refractivity contribution in [3.63, 3.8) is 0 Å². The van der Waals surface area contributed by atoms with Gasteiger partial charge >= 0.3 is 0 Å². The molecule has 0 fully saturated rings. The first kappa shape index (κ1) is 17.9. The molecule has 0 aromatic heterocycles. The van der Waals surface area contributed by atoms with E-state index >= 15 is 0 Å². The largest absolute Gasteiger partial charge is 0.150 e. The van der Waals surface area contributed by atoms with Crippen molar-refractivity contribution in [2.45, 2.75) is 84.1 Å².